The maximum atomic E-state index is 12.4. The third-order valence-corrected chi connectivity index (χ3v) is 4.10. The Kier molecular flexibility index (Phi) is 5.58. The number of carbonyl (C=O) groups excluding carboxylic acids is 2. The summed E-state index contributed by atoms with van der Waals surface area (Å²) in [6.45, 7) is 6.54. The lowest BCUT2D eigenvalue weighted by molar-refractivity contribution is -0.130. The minimum absolute atomic E-state index is 0.0248. The van der Waals surface area contributed by atoms with E-state index < -0.39 is 17.7 Å². The highest BCUT2D eigenvalue weighted by Gasteiger charge is 2.34. The van der Waals surface area contributed by atoms with Crippen LogP contribution in [0.5, 0.6) is 0 Å². The molecule has 6 heteroatoms. The predicted molar refractivity (Wildman–Crippen MR) is 85.2 cm³/mol. The minimum Gasteiger partial charge on any atom is -0.444 e. The fraction of sp³-hybridized carbons (Fsp3) is 0.625. The Hall–Kier alpha value is -1.40. The standard InChI is InChI=1S/C16H23NO4S/c1-16(2,3)21-15(19)17-7-8-20-10-13(17)14(18)5-4-12-6-9-22-11-12/h6,9,11,13H,4-5,7-8,10H2,1-3H3. The number of hydrogen-bond acceptors (Lipinski definition) is 5. The molecule has 1 aliphatic heterocycles. The molecule has 0 bridgehead atoms. The molecule has 0 N–H and O–H groups in total. The molecule has 0 radical (unpaired) electrons. The molecule has 5 nitrogen and oxygen atoms in total. The van der Waals surface area contributed by atoms with Crippen molar-refractivity contribution in [2.24, 2.45) is 0 Å². The van der Waals surface area contributed by atoms with Crippen molar-refractivity contribution in [1.29, 1.82) is 0 Å². The van der Waals surface area contributed by atoms with Crippen LogP contribution in [0.25, 0.3) is 0 Å². The van der Waals surface area contributed by atoms with Crippen LogP contribution >= 0.6 is 11.3 Å². The van der Waals surface area contributed by atoms with E-state index in [-0.39, 0.29) is 12.4 Å². The van der Waals surface area contributed by atoms with Crippen LogP contribution < -0.4 is 0 Å². The number of hydrogen-bond donors (Lipinski definition) is 0. The number of thiophene rings is 1. The summed E-state index contributed by atoms with van der Waals surface area (Å²) in [5, 5.41) is 4.03. The molecule has 2 rings (SSSR count). The first-order valence-corrected chi connectivity index (χ1v) is 8.42. The highest BCUT2D eigenvalue weighted by atomic mass is 32.1. The van der Waals surface area contributed by atoms with Gasteiger partial charge >= 0.3 is 6.09 Å². The van der Waals surface area contributed by atoms with E-state index in [2.05, 4.69) is 0 Å². The molecule has 22 heavy (non-hydrogen) atoms. The fourth-order valence-corrected chi connectivity index (χ4v) is 2.98. The van der Waals surface area contributed by atoms with E-state index in [1.807, 2.05) is 37.6 Å². The van der Waals surface area contributed by atoms with Gasteiger partial charge in [0.2, 0.25) is 0 Å². The molecule has 2 heterocycles. The summed E-state index contributed by atoms with van der Waals surface area (Å²) in [7, 11) is 0. The van der Waals surface area contributed by atoms with Crippen LogP contribution in [-0.4, -0.2) is 48.2 Å². The van der Waals surface area contributed by atoms with Crippen molar-refractivity contribution in [3.8, 4) is 0 Å². The number of rotatable bonds is 4. The number of ketones is 1. The normalized spacial score (nSPS) is 19.0. The Morgan fingerprint density at radius 2 is 2.23 bits per heavy atom. The van der Waals surface area contributed by atoms with Crippen molar-refractivity contribution >= 4 is 23.2 Å². The summed E-state index contributed by atoms with van der Waals surface area (Å²) >= 11 is 1.62. The van der Waals surface area contributed by atoms with E-state index >= 15 is 0 Å². The Balaban J connectivity index is 1.96. The van der Waals surface area contributed by atoms with Crippen molar-refractivity contribution in [1.82, 2.24) is 4.90 Å². The second-order valence-corrected chi connectivity index (χ2v) is 7.14. The van der Waals surface area contributed by atoms with Crippen molar-refractivity contribution in [3.63, 3.8) is 0 Å². The van der Waals surface area contributed by atoms with Gasteiger partial charge in [0.15, 0.2) is 5.78 Å². The second kappa shape index (κ2) is 7.24. The SMILES string of the molecule is CC(C)(C)OC(=O)N1CCOCC1C(=O)CCc1ccsc1. The lowest BCUT2D eigenvalue weighted by atomic mass is 10.0. The van der Waals surface area contributed by atoms with Crippen LogP contribution in [0, 0.1) is 0 Å². The number of carbonyl (C=O) groups is 2. The Labute approximate surface area is 135 Å². The van der Waals surface area contributed by atoms with Crippen molar-refractivity contribution in [2.75, 3.05) is 19.8 Å². The summed E-state index contributed by atoms with van der Waals surface area (Å²) < 4.78 is 10.8. The highest BCUT2D eigenvalue weighted by Crippen LogP contribution is 2.17. The van der Waals surface area contributed by atoms with Gasteiger partial charge in [0, 0.05) is 13.0 Å². The molecule has 0 aliphatic carbocycles. The zero-order chi connectivity index (χ0) is 16.2. The van der Waals surface area contributed by atoms with Gasteiger partial charge in [-0.1, -0.05) is 0 Å². The number of morpholine rings is 1. The van der Waals surface area contributed by atoms with Crippen LogP contribution in [0.4, 0.5) is 4.79 Å². The Bertz CT molecular complexity index is 507. The van der Waals surface area contributed by atoms with E-state index in [1.165, 1.54) is 4.90 Å². The minimum atomic E-state index is -0.570. The summed E-state index contributed by atoms with van der Waals surface area (Å²) in [5.41, 5.74) is 0.582. The van der Waals surface area contributed by atoms with Crippen LogP contribution in [-0.2, 0) is 20.7 Å². The molecule has 1 atom stereocenters. The van der Waals surface area contributed by atoms with Gasteiger partial charge in [-0.2, -0.15) is 11.3 Å². The van der Waals surface area contributed by atoms with Crippen LogP contribution in [0.15, 0.2) is 16.8 Å². The van der Waals surface area contributed by atoms with Crippen LogP contribution in [0.3, 0.4) is 0 Å². The van der Waals surface area contributed by atoms with Crippen molar-refractivity contribution < 1.29 is 19.1 Å². The molecule has 1 fully saturated rings. The van der Waals surface area contributed by atoms with Gasteiger partial charge in [0.05, 0.1) is 13.2 Å². The lowest BCUT2D eigenvalue weighted by Gasteiger charge is -2.35. The Morgan fingerprint density at radius 1 is 1.45 bits per heavy atom. The van der Waals surface area contributed by atoms with Gasteiger partial charge in [-0.25, -0.2) is 4.79 Å². The van der Waals surface area contributed by atoms with E-state index in [0.29, 0.717) is 26.0 Å². The number of amides is 1. The van der Waals surface area contributed by atoms with Crippen LogP contribution in [0.2, 0.25) is 0 Å². The average molecular weight is 325 g/mol. The average Bonchev–Trinajstić information content (AvgIpc) is 2.96. The molecule has 1 amide bonds. The first-order chi connectivity index (χ1) is 10.4. The summed E-state index contributed by atoms with van der Waals surface area (Å²) in [5.74, 6) is 0.0248. The molecule has 0 saturated carbocycles. The first kappa shape index (κ1) is 17.0. The smallest absolute Gasteiger partial charge is 0.411 e. The Morgan fingerprint density at radius 3 is 2.86 bits per heavy atom. The molecular weight excluding hydrogens is 302 g/mol. The topological polar surface area (TPSA) is 55.8 Å². The zero-order valence-corrected chi connectivity index (χ0v) is 14.1. The number of nitrogens with zero attached hydrogens (tertiary/aromatic N) is 1. The van der Waals surface area contributed by atoms with E-state index in [1.54, 1.807) is 11.3 Å². The maximum absolute atomic E-state index is 12.4. The maximum Gasteiger partial charge on any atom is 0.411 e. The molecule has 1 aromatic heterocycles. The van der Waals surface area contributed by atoms with E-state index in [4.69, 9.17) is 9.47 Å². The largest absolute Gasteiger partial charge is 0.444 e. The molecule has 1 unspecified atom stereocenters. The van der Waals surface area contributed by atoms with Gasteiger partial charge in [-0.05, 0) is 49.6 Å². The van der Waals surface area contributed by atoms with E-state index in [0.717, 1.165) is 5.56 Å². The summed E-state index contributed by atoms with van der Waals surface area (Å²) in [4.78, 5) is 26.2. The van der Waals surface area contributed by atoms with Crippen molar-refractivity contribution in [2.45, 2.75) is 45.3 Å². The fourth-order valence-electron chi connectivity index (χ4n) is 2.28. The quantitative estimate of drug-likeness (QED) is 0.854. The second-order valence-electron chi connectivity index (χ2n) is 6.36. The summed E-state index contributed by atoms with van der Waals surface area (Å²) in [6, 6.07) is 1.48. The van der Waals surface area contributed by atoms with E-state index in [9.17, 15) is 9.59 Å². The van der Waals surface area contributed by atoms with Gasteiger partial charge in [0.1, 0.15) is 11.6 Å². The molecule has 122 valence electrons. The molecule has 1 aromatic rings. The molecule has 1 saturated heterocycles. The molecule has 1 aliphatic rings. The van der Waals surface area contributed by atoms with Crippen molar-refractivity contribution in [3.05, 3.63) is 22.4 Å². The monoisotopic (exact) mass is 325 g/mol. The number of Topliss-reactive ketones (excluding diaryl/α,β-unsaturated/α-hetero) is 1. The van der Waals surface area contributed by atoms with Gasteiger partial charge in [-0.15, -0.1) is 0 Å². The first-order valence-electron chi connectivity index (χ1n) is 7.48. The summed E-state index contributed by atoms with van der Waals surface area (Å²) in [6.07, 6.45) is 0.662. The van der Waals surface area contributed by atoms with Gasteiger partial charge in [0.25, 0.3) is 0 Å². The number of aryl methyl sites for hydroxylation is 1. The predicted octanol–water partition coefficient (Wildman–Crippen LogP) is 2.89. The zero-order valence-electron chi connectivity index (χ0n) is 13.3. The van der Waals surface area contributed by atoms with Gasteiger partial charge < -0.3 is 9.47 Å². The third-order valence-electron chi connectivity index (χ3n) is 3.37. The molecular formula is C16H23NO4S. The molecule has 0 aromatic carbocycles. The number of ether oxygens (including phenoxy) is 2. The van der Waals surface area contributed by atoms with Gasteiger partial charge in [-0.3, -0.25) is 9.69 Å². The lowest BCUT2D eigenvalue weighted by Crippen LogP contribution is -2.53. The highest BCUT2D eigenvalue weighted by molar-refractivity contribution is 7.07. The van der Waals surface area contributed by atoms with Crippen LogP contribution in [0.1, 0.15) is 32.8 Å². The third kappa shape index (κ3) is 4.81. The molecule has 0 spiro atoms.